The molecule has 142 valence electrons. The van der Waals surface area contributed by atoms with Crippen molar-refractivity contribution >= 4 is 16.8 Å². The van der Waals surface area contributed by atoms with E-state index in [-0.39, 0.29) is 18.0 Å². The zero-order valence-electron chi connectivity index (χ0n) is 14.6. The number of carbonyl (C=O) groups is 1. The molecule has 1 amide bonds. The summed E-state index contributed by atoms with van der Waals surface area (Å²) in [5.74, 6) is -4.95. The molecule has 2 aromatic heterocycles. The Morgan fingerprint density at radius 1 is 1.33 bits per heavy atom. The van der Waals surface area contributed by atoms with E-state index >= 15 is 0 Å². The van der Waals surface area contributed by atoms with Crippen LogP contribution in [0.4, 0.5) is 13.2 Å². The predicted octanol–water partition coefficient (Wildman–Crippen LogP) is 2.62. The van der Waals surface area contributed by atoms with E-state index < -0.39 is 45.7 Å². The molecule has 0 saturated heterocycles. The average Bonchev–Trinajstić information content (AvgIpc) is 3.07. The number of amides is 1. The molecule has 3 rings (SSSR count). The Morgan fingerprint density at radius 3 is 2.63 bits per heavy atom. The average molecular weight is 380 g/mol. The van der Waals surface area contributed by atoms with E-state index in [0.717, 1.165) is 6.20 Å². The van der Waals surface area contributed by atoms with Crippen LogP contribution in [0.15, 0.2) is 21.6 Å². The first kappa shape index (κ1) is 18.6. The number of fused-ring (bicyclic) bond motifs is 1. The van der Waals surface area contributed by atoms with Gasteiger partial charge in [0.15, 0.2) is 23.3 Å². The van der Waals surface area contributed by atoms with Crippen LogP contribution in [-0.2, 0) is 6.54 Å². The van der Waals surface area contributed by atoms with Crippen molar-refractivity contribution in [2.45, 2.75) is 33.4 Å². The van der Waals surface area contributed by atoms with Crippen LogP contribution >= 0.6 is 0 Å². The van der Waals surface area contributed by atoms with Crippen LogP contribution in [0.25, 0.3) is 10.9 Å². The molecule has 0 bridgehead atoms. The number of carbonyl (C=O) groups excluding carboxylic acids is 1. The lowest BCUT2D eigenvalue weighted by Crippen LogP contribution is -2.32. The lowest BCUT2D eigenvalue weighted by Gasteiger charge is -2.14. The highest BCUT2D eigenvalue weighted by atomic mass is 19.2. The van der Waals surface area contributed by atoms with Gasteiger partial charge in [-0.3, -0.25) is 9.59 Å². The Hall–Kier alpha value is -3.17. The molecule has 1 atom stereocenters. The first-order valence-electron chi connectivity index (χ1n) is 8.06. The molecule has 7 nitrogen and oxygen atoms in total. The highest BCUT2D eigenvalue weighted by Crippen LogP contribution is 2.22. The standard InChI is InChI=1S/C17H15F3N4O3/c1-4-24-6-10(16(26)21-7(2)17-22-8(3)23-27-17)15(25)9-5-11(18)12(19)13(20)14(9)24/h5-7H,4H2,1-3H3,(H,21,26)/t7-/m0/s1. The maximum atomic E-state index is 14.2. The quantitative estimate of drug-likeness (QED) is 0.703. The van der Waals surface area contributed by atoms with Gasteiger partial charge in [0, 0.05) is 12.7 Å². The Balaban J connectivity index is 2.09. The molecule has 0 fully saturated rings. The van der Waals surface area contributed by atoms with E-state index in [1.165, 1.54) is 4.57 Å². The third-order valence-corrected chi connectivity index (χ3v) is 4.04. The molecule has 0 aliphatic carbocycles. The fourth-order valence-electron chi connectivity index (χ4n) is 2.70. The van der Waals surface area contributed by atoms with Crippen LogP contribution in [0.2, 0.25) is 0 Å². The SMILES string of the molecule is CCn1cc(C(=O)N[C@@H](C)c2nc(C)no2)c(=O)c2cc(F)c(F)c(F)c21. The number of benzene rings is 1. The Kier molecular flexibility index (Phi) is 4.73. The number of aryl methyl sites for hydroxylation is 2. The minimum atomic E-state index is -1.68. The summed E-state index contributed by atoms with van der Waals surface area (Å²) in [6, 6.07) is -0.116. The van der Waals surface area contributed by atoms with E-state index in [4.69, 9.17) is 4.52 Å². The largest absolute Gasteiger partial charge is 0.344 e. The number of hydrogen-bond acceptors (Lipinski definition) is 5. The summed E-state index contributed by atoms with van der Waals surface area (Å²) in [5.41, 5.74) is -1.67. The molecule has 0 saturated carbocycles. The Labute approximate surface area is 150 Å². The fraction of sp³-hybridized carbons (Fsp3) is 0.294. The molecule has 0 unspecified atom stereocenters. The second-order valence-electron chi connectivity index (χ2n) is 5.92. The smallest absolute Gasteiger partial charge is 0.257 e. The van der Waals surface area contributed by atoms with E-state index in [1.54, 1.807) is 20.8 Å². The summed E-state index contributed by atoms with van der Waals surface area (Å²) in [7, 11) is 0. The summed E-state index contributed by atoms with van der Waals surface area (Å²) in [4.78, 5) is 29.1. The van der Waals surface area contributed by atoms with Gasteiger partial charge in [0.05, 0.1) is 10.9 Å². The number of hydrogen-bond donors (Lipinski definition) is 1. The molecule has 2 heterocycles. The number of nitrogens with one attached hydrogen (secondary N) is 1. The van der Waals surface area contributed by atoms with Crippen molar-refractivity contribution in [3.8, 4) is 0 Å². The first-order chi connectivity index (χ1) is 12.7. The number of aromatic nitrogens is 3. The summed E-state index contributed by atoms with van der Waals surface area (Å²) >= 11 is 0. The normalized spacial score (nSPS) is 12.4. The van der Waals surface area contributed by atoms with Crippen LogP contribution in [0, 0.1) is 24.4 Å². The molecular weight excluding hydrogens is 365 g/mol. The highest BCUT2D eigenvalue weighted by Gasteiger charge is 2.23. The highest BCUT2D eigenvalue weighted by molar-refractivity contribution is 5.97. The predicted molar refractivity (Wildman–Crippen MR) is 88.7 cm³/mol. The van der Waals surface area contributed by atoms with Crippen LogP contribution in [0.5, 0.6) is 0 Å². The van der Waals surface area contributed by atoms with Gasteiger partial charge in [-0.1, -0.05) is 5.16 Å². The number of rotatable bonds is 4. The molecule has 1 aromatic carbocycles. The molecule has 0 aliphatic heterocycles. The maximum absolute atomic E-state index is 14.2. The van der Waals surface area contributed by atoms with Gasteiger partial charge in [-0.15, -0.1) is 0 Å². The molecule has 3 aromatic rings. The first-order valence-corrected chi connectivity index (χ1v) is 8.06. The van der Waals surface area contributed by atoms with Crippen molar-refractivity contribution in [2.24, 2.45) is 0 Å². The summed E-state index contributed by atoms with van der Waals surface area (Å²) < 4.78 is 47.4. The molecular formula is C17H15F3N4O3. The van der Waals surface area contributed by atoms with Crippen LogP contribution in [-0.4, -0.2) is 20.6 Å². The van der Waals surface area contributed by atoms with Gasteiger partial charge in [-0.2, -0.15) is 4.98 Å². The van der Waals surface area contributed by atoms with Crippen LogP contribution in [0.1, 0.15) is 42.0 Å². The molecule has 0 aliphatic rings. The molecule has 27 heavy (non-hydrogen) atoms. The van der Waals surface area contributed by atoms with Crippen LogP contribution < -0.4 is 10.7 Å². The fourth-order valence-corrected chi connectivity index (χ4v) is 2.70. The van der Waals surface area contributed by atoms with E-state index in [0.29, 0.717) is 11.9 Å². The van der Waals surface area contributed by atoms with Gasteiger partial charge in [0.2, 0.25) is 11.3 Å². The van der Waals surface area contributed by atoms with Gasteiger partial charge in [-0.05, 0) is 26.8 Å². The summed E-state index contributed by atoms with van der Waals surface area (Å²) in [5, 5.41) is 5.69. The monoisotopic (exact) mass is 380 g/mol. The Morgan fingerprint density at radius 2 is 2.04 bits per heavy atom. The van der Waals surface area contributed by atoms with E-state index in [2.05, 4.69) is 15.5 Å². The second kappa shape index (κ2) is 6.86. The molecule has 10 heteroatoms. The zero-order valence-corrected chi connectivity index (χ0v) is 14.6. The minimum Gasteiger partial charge on any atom is -0.344 e. The van der Waals surface area contributed by atoms with Gasteiger partial charge < -0.3 is 14.4 Å². The minimum absolute atomic E-state index is 0.122. The van der Waals surface area contributed by atoms with E-state index in [1.807, 2.05) is 0 Å². The number of pyridine rings is 1. The van der Waals surface area contributed by atoms with Crippen molar-refractivity contribution < 1.29 is 22.5 Å². The Bertz CT molecular complexity index is 1110. The van der Waals surface area contributed by atoms with Crippen molar-refractivity contribution in [3.63, 3.8) is 0 Å². The van der Waals surface area contributed by atoms with Gasteiger partial charge in [0.25, 0.3) is 5.91 Å². The number of halogens is 3. The van der Waals surface area contributed by atoms with Gasteiger partial charge in [-0.25, -0.2) is 13.2 Å². The zero-order chi connectivity index (χ0) is 19.9. The van der Waals surface area contributed by atoms with Crippen molar-refractivity contribution in [1.82, 2.24) is 20.0 Å². The second-order valence-corrected chi connectivity index (χ2v) is 5.92. The van der Waals surface area contributed by atoms with Gasteiger partial charge >= 0.3 is 0 Å². The maximum Gasteiger partial charge on any atom is 0.257 e. The van der Waals surface area contributed by atoms with Gasteiger partial charge in [0.1, 0.15) is 11.6 Å². The molecule has 0 radical (unpaired) electrons. The lowest BCUT2D eigenvalue weighted by molar-refractivity contribution is 0.0931. The summed E-state index contributed by atoms with van der Waals surface area (Å²) in [6.07, 6.45) is 1.10. The third kappa shape index (κ3) is 3.18. The van der Waals surface area contributed by atoms with Crippen LogP contribution in [0.3, 0.4) is 0 Å². The molecule has 0 spiro atoms. The lowest BCUT2D eigenvalue weighted by atomic mass is 10.1. The van der Waals surface area contributed by atoms with Crippen molar-refractivity contribution in [2.75, 3.05) is 0 Å². The van der Waals surface area contributed by atoms with E-state index in [9.17, 15) is 22.8 Å². The molecule has 1 N–H and O–H groups in total. The van der Waals surface area contributed by atoms with Crippen molar-refractivity contribution in [1.29, 1.82) is 0 Å². The topological polar surface area (TPSA) is 90.0 Å². The third-order valence-electron chi connectivity index (χ3n) is 4.04. The van der Waals surface area contributed by atoms with Crippen molar-refractivity contribution in [3.05, 3.63) is 57.2 Å². The number of nitrogens with zero attached hydrogens (tertiary/aromatic N) is 3. The summed E-state index contributed by atoms with van der Waals surface area (Å²) in [6.45, 7) is 4.90.